The predicted octanol–water partition coefficient (Wildman–Crippen LogP) is 0.106. The minimum Gasteiger partial charge on any atom is -0.494 e. The second kappa shape index (κ2) is 5.77. The Morgan fingerprint density at radius 3 is 2.85 bits per heavy atom. The molecule has 1 aromatic heterocycles. The van der Waals surface area contributed by atoms with Crippen LogP contribution in [0.1, 0.15) is 23.2 Å². The van der Waals surface area contributed by atoms with Gasteiger partial charge in [0.1, 0.15) is 0 Å². The first-order valence-electron chi connectivity index (χ1n) is 6.31. The van der Waals surface area contributed by atoms with Gasteiger partial charge in [-0.2, -0.15) is 0 Å². The summed E-state index contributed by atoms with van der Waals surface area (Å²) in [5.74, 6) is -1.41. The maximum absolute atomic E-state index is 12.3. The third-order valence-electron chi connectivity index (χ3n) is 3.32. The maximum atomic E-state index is 12.3. The number of aromatic amines is 1. The first-order chi connectivity index (χ1) is 9.51. The van der Waals surface area contributed by atoms with Gasteiger partial charge >= 0.3 is 5.97 Å². The summed E-state index contributed by atoms with van der Waals surface area (Å²) in [6, 6.07) is 2.33. The third-order valence-corrected chi connectivity index (χ3v) is 3.32. The van der Waals surface area contributed by atoms with Crippen molar-refractivity contribution in [2.45, 2.75) is 12.8 Å². The van der Waals surface area contributed by atoms with Crippen LogP contribution in [-0.4, -0.2) is 47.1 Å². The third kappa shape index (κ3) is 2.98. The minimum atomic E-state index is -0.546. The summed E-state index contributed by atoms with van der Waals surface area (Å²) in [5.41, 5.74) is -0.438. The smallest absolute Gasteiger partial charge is 0.310 e. The number of esters is 1. The number of hydrogen-bond acceptors (Lipinski definition) is 5. The number of nitrogens with one attached hydrogen (secondary N) is 1. The molecule has 1 amide bonds. The Kier molecular flexibility index (Phi) is 4.07. The van der Waals surface area contributed by atoms with E-state index in [-0.39, 0.29) is 35.8 Å². The molecule has 0 spiro atoms. The zero-order valence-corrected chi connectivity index (χ0v) is 11.1. The van der Waals surface area contributed by atoms with Crippen LogP contribution in [0.2, 0.25) is 0 Å². The van der Waals surface area contributed by atoms with Gasteiger partial charge in [-0.25, -0.2) is 0 Å². The normalized spacial score (nSPS) is 18.6. The van der Waals surface area contributed by atoms with E-state index < -0.39 is 5.56 Å². The molecule has 1 aliphatic rings. The molecule has 0 bridgehead atoms. The summed E-state index contributed by atoms with van der Waals surface area (Å²) in [4.78, 5) is 38.7. The Morgan fingerprint density at radius 1 is 1.45 bits per heavy atom. The summed E-state index contributed by atoms with van der Waals surface area (Å²) in [5, 5.41) is 9.32. The van der Waals surface area contributed by atoms with Crippen LogP contribution in [0.25, 0.3) is 0 Å². The Balaban J connectivity index is 2.16. The second-order valence-electron chi connectivity index (χ2n) is 4.73. The largest absolute Gasteiger partial charge is 0.494 e. The summed E-state index contributed by atoms with van der Waals surface area (Å²) in [6.07, 6.45) is 1.37. The average Bonchev–Trinajstić information content (AvgIpc) is 2.44. The van der Waals surface area contributed by atoms with E-state index in [0.717, 1.165) is 6.07 Å². The number of hydrogen-bond donors (Lipinski definition) is 2. The number of likely N-dealkylation sites (tertiary alicyclic amines) is 1. The molecule has 0 radical (unpaired) electrons. The number of carbonyl (C=O) groups excluding carboxylic acids is 2. The fraction of sp³-hybridized carbons (Fsp3) is 0.462. The molecule has 2 heterocycles. The molecule has 0 aliphatic carbocycles. The number of pyridine rings is 1. The van der Waals surface area contributed by atoms with Crippen molar-refractivity contribution in [3.05, 3.63) is 28.0 Å². The predicted molar refractivity (Wildman–Crippen MR) is 69.4 cm³/mol. The van der Waals surface area contributed by atoms with E-state index >= 15 is 0 Å². The van der Waals surface area contributed by atoms with E-state index in [1.54, 1.807) is 0 Å². The van der Waals surface area contributed by atoms with Crippen molar-refractivity contribution in [2.24, 2.45) is 5.92 Å². The van der Waals surface area contributed by atoms with Crippen molar-refractivity contribution >= 4 is 11.9 Å². The van der Waals surface area contributed by atoms with Crippen molar-refractivity contribution in [2.75, 3.05) is 20.2 Å². The summed E-state index contributed by atoms with van der Waals surface area (Å²) < 4.78 is 4.69. The number of methoxy groups -OCH3 is 1. The van der Waals surface area contributed by atoms with Crippen molar-refractivity contribution < 1.29 is 19.4 Å². The van der Waals surface area contributed by atoms with Crippen LogP contribution in [0, 0.1) is 5.92 Å². The lowest BCUT2D eigenvalue weighted by Gasteiger charge is -2.31. The molecule has 2 rings (SSSR count). The van der Waals surface area contributed by atoms with Crippen LogP contribution in [0.5, 0.6) is 5.88 Å². The van der Waals surface area contributed by atoms with Crippen LogP contribution >= 0.6 is 0 Å². The van der Waals surface area contributed by atoms with E-state index in [0.29, 0.717) is 19.4 Å². The lowest BCUT2D eigenvalue weighted by molar-refractivity contribution is -0.146. The quantitative estimate of drug-likeness (QED) is 0.749. The molecule has 0 aromatic carbocycles. The highest BCUT2D eigenvalue weighted by Gasteiger charge is 2.29. The second-order valence-corrected chi connectivity index (χ2v) is 4.73. The van der Waals surface area contributed by atoms with Gasteiger partial charge in [0.25, 0.3) is 11.5 Å². The molecular formula is C13H16N2O5. The minimum absolute atomic E-state index is 0.108. The van der Waals surface area contributed by atoms with Crippen LogP contribution in [0.3, 0.4) is 0 Å². The van der Waals surface area contributed by atoms with E-state index in [2.05, 4.69) is 9.72 Å². The Bertz CT molecular complexity index is 580. The Labute approximate surface area is 115 Å². The molecular weight excluding hydrogens is 264 g/mol. The first-order valence-corrected chi connectivity index (χ1v) is 6.31. The molecule has 1 aliphatic heterocycles. The monoisotopic (exact) mass is 280 g/mol. The number of nitrogens with zero attached hydrogens (tertiary/aromatic N) is 1. The number of carbonyl (C=O) groups is 2. The lowest BCUT2D eigenvalue weighted by atomic mass is 9.97. The molecule has 7 heteroatoms. The summed E-state index contributed by atoms with van der Waals surface area (Å²) >= 11 is 0. The SMILES string of the molecule is COC(=O)[C@H]1CCCN(C(=O)c2cc(O)[nH]c(=O)c2)C1. The first kappa shape index (κ1) is 14.1. The van der Waals surface area contributed by atoms with E-state index in [1.807, 2.05) is 0 Å². The number of amides is 1. The van der Waals surface area contributed by atoms with Gasteiger partial charge in [-0.3, -0.25) is 19.4 Å². The highest BCUT2D eigenvalue weighted by atomic mass is 16.5. The highest BCUT2D eigenvalue weighted by Crippen LogP contribution is 2.20. The molecule has 1 aromatic rings. The standard InChI is InChI=1S/C13H16N2O5/c1-20-13(19)8-3-2-4-15(7-8)12(18)9-5-10(16)14-11(17)6-9/h5-6,8H,2-4,7H2,1H3,(H2,14,16,17)/t8-/m0/s1. The van der Waals surface area contributed by atoms with E-state index in [1.165, 1.54) is 18.1 Å². The summed E-state index contributed by atoms with van der Waals surface area (Å²) in [6.45, 7) is 0.777. The van der Waals surface area contributed by atoms with E-state index in [4.69, 9.17) is 0 Å². The molecule has 20 heavy (non-hydrogen) atoms. The number of H-pyrrole nitrogens is 1. The molecule has 0 unspecified atom stereocenters. The number of aromatic nitrogens is 1. The van der Waals surface area contributed by atoms with Gasteiger partial charge in [0.15, 0.2) is 5.88 Å². The highest BCUT2D eigenvalue weighted by molar-refractivity contribution is 5.94. The number of piperidine rings is 1. The van der Waals surface area contributed by atoms with Gasteiger partial charge in [-0.15, -0.1) is 0 Å². The average molecular weight is 280 g/mol. The summed E-state index contributed by atoms with van der Waals surface area (Å²) in [7, 11) is 1.32. The zero-order chi connectivity index (χ0) is 14.7. The molecule has 1 saturated heterocycles. The van der Waals surface area contributed by atoms with Crippen LogP contribution < -0.4 is 5.56 Å². The van der Waals surface area contributed by atoms with Gasteiger partial charge in [0, 0.05) is 25.2 Å². The van der Waals surface area contributed by atoms with Gasteiger partial charge in [0.2, 0.25) is 0 Å². The number of aromatic hydroxyl groups is 1. The molecule has 1 atom stereocenters. The van der Waals surface area contributed by atoms with Crippen molar-refractivity contribution in [1.29, 1.82) is 0 Å². The van der Waals surface area contributed by atoms with E-state index in [9.17, 15) is 19.5 Å². The fourth-order valence-electron chi connectivity index (χ4n) is 2.36. The molecule has 0 saturated carbocycles. The van der Waals surface area contributed by atoms with Crippen molar-refractivity contribution in [3.63, 3.8) is 0 Å². The molecule has 1 fully saturated rings. The topological polar surface area (TPSA) is 99.7 Å². The fourth-order valence-corrected chi connectivity index (χ4v) is 2.36. The number of rotatable bonds is 2. The van der Waals surface area contributed by atoms with Crippen LogP contribution in [-0.2, 0) is 9.53 Å². The van der Waals surface area contributed by atoms with Crippen molar-refractivity contribution in [1.82, 2.24) is 9.88 Å². The molecule has 108 valence electrons. The van der Waals surface area contributed by atoms with Gasteiger partial charge in [-0.05, 0) is 12.8 Å². The van der Waals surface area contributed by atoms with Crippen molar-refractivity contribution in [3.8, 4) is 5.88 Å². The van der Waals surface area contributed by atoms with Gasteiger partial charge in [0.05, 0.1) is 18.6 Å². The maximum Gasteiger partial charge on any atom is 0.310 e. The van der Waals surface area contributed by atoms with Gasteiger partial charge < -0.3 is 14.7 Å². The zero-order valence-electron chi connectivity index (χ0n) is 11.1. The molecule has 7 nitrogen and oxygen atoms in total. The Hall–Kier alpha value is -2.31. The lowest BCUT2D eigenvalue weighted by Crippen LogP contribution is -2.42. The number of ether oxygens (including phenoxy) is 1. The van der Waals surface area contributed by atoms with Crippen LogP contribution in [0.4, 0.5) is 0 Å². The van der Waals surface area contributed by atoms with Crippen LogP contribution in [0.15, 0.2) is 16.9 Å². The molecule has 2 N–H and O–H groups in total. The van der Waals surface area contributed by atoms with Gasteiger partial charge in [-0.1, -0.05) is 0 Å². The Morgan fingerprint density at radius 2 is 2.20 bits per heavy atom.